The number of pyridine rings is 4. The highest BCUT2D eigenvalue weighted by molar-refractivity contribution is 6.76. The van der Waals surface area contributed by atoms with E-state index in [0.717, 1.165) is 36.2 Å². The largest absolute Gasteiger partial charge is 0.481 e. The lowest BCUT2D eigenvalue weighted by atomic mass is 9.69. The van der Waals surface area contributed by atoms with Crippen LogP contribution in [0.5, 0.6) is 11.8 Å². The van der Waals surface area contributed by atoms with Crippen molar-refractivity contribution in [3.63, 3.8) is 0 Å². The number of rotatable bonds is 17. The summed E-state index contributed by atoms with van der Waals surface area (Å²) in [5.74, 6) is -1.24. The number of aromatic amines is 1. The third-order valence-corrected chi connectivity index (χ3v) is 14.9. The lowest BCUT2D eigenvalue weighted by molar-refractivity contribution is -0.158. The number of aliphatic carboxylic acids is 2. The number of ether oxygens (including phenoxy) is 3. The van der Waals surface area contributed by atoms with Crippen molar-refractivity contribution in [2.45, 2.75) is 97.1 Å². The van der Waals surface area contributed by atoms with Gasteiger partial charge in [0.2, 0.25) is 11.8 Å². The van der Waals surface area contributed by atoms with E-state index in [4.69, 9.17) is 37.4 Å². The number of imidazole rings is 2. The number of H-pyrrole nitrogens is 1. The summed E-state index contributed by atoms with van der Waals surface area (Å²) < 4.78 is 97.1. The van der Waals surface area contributed by atoms with Crippen LogP contribution in [0.1, 0.15) is 61.0 Å². The molecule has 0 spiro atoms. The van der Waals surface area contributed by atoms with Crippen LogP contribution in [-0.4, -0.2) is 89.5 Å². The molecular formula is C48H50Cl2F6N8O7Si. The second-order valence-corrected chi connectivity index (χ2v) is 25.6. The van der Waals surface area contributed by atoms with Crippen molar-refractivity contribution in [3.05, 3.63) is 94.0 Å². The summed E-state index contributed by atoms with van der Waals surface area (Å²) in [5.41, 5.74) is 0.613. The number of carbonyl (C=O) groups is 2. The monoisotopic (exact) mass is 1060 g/mol. The van der Waals surface area contributed by atoms with Crippen molar-refractivity contribution in [2.75, 3.05) is 19.8 Å². The molecule has 8 rings (SSSR count). The van der Waals surface area contributed by atoms with E-state index in [2.05, 4.69) is 54.5 Å². The quantitative estimate of drug-likeness (QED) is 0.0443. The summed E-state index contributed by atoms with van der Waals surface area (Å²) in [6.07, 6.45) is 2.52. The Balaban J connectivity index is 0.000000216. The molecule has 0 unspecified atom stereocenters. The molecule has 384 valence electrons. The molecule has 72 heavy (non-hydrogen) atoms. The van der Waals surface area contributed by atoms with Crippen LogP contribution in [0.25, 0.3) is 45.3 Å². The third-order valence-electron chi connectivity index (χ3n) is 12.6. The van der Waals surface area contributed by atoms with Crippen molar-refractivity contribution in [1.29, 1.82) is 0 Å². The molecule has 2 aliphatic rings. The highest BCUT2D eigenvalue weighted by Gasteiger charge is 2.46. The summed E-state index contributed by atoms with van der Waals surface area (Å²) in [6.45, 7) is 10.6. The van der Waals surface area contributed by atoms with Crippen LogP contribution in [0.3, 0.4) is 0 Å². The molecular weight excluding hydrogens is 1010 g/mol. The fraction of sp³-hybridized carbons (Fsp3) is 0.417. The first-order chi connectivity index (χ1) is 33.8. The maximum absolute atomic E-state index is 13.5. The van der Waals surface area contributed by atoms with Crippen LogP contribution >= 0.6 is 23.2 Å². The number of hydrogen-bond acceptors (Lipinski definition) is 11. The molecule has 24 heteroatoms. The fourth-order valence-corrected chi connectivity index (χ4v) is 9.03. The number of nitrogens with zero attached hydrogens (tertiary/aromatic N) is 7. The Labute approximate surface area is 420 Å². The van der Waals surface area contributed by atoms with Gasteiger partial charge in [-0.25, -0.2) is 19.9 Å². The van der Waals surface area contributed by atoms with Crippen molar-refractivity contribution >= 4 is 43.2 Å². The summed E-state index contributed by atoms with van der Waals surface area (Å²) in [4.78, 5) is 49.8. The van der Waals surface area contributed by atoms with Crippen molar-refractivity contribution in [3.8, 4) is 57.1 Å². The van der Waals surface area contributed by atoms with Crippen molar-refractivity contribution < 1.29 is 60.4 Å². The van der Waals surface area contributed by atoms with Crippen LogP contribution in [0.2, 0.25) is 35.7 Å². The smallest absolute Gasteiger partial charge is 0.434 e. The number of nitrogens with one attached hydrogen (secondary N) is 1. The fourth-order valence-electron chi connectivity index (χ4n) is 7.77. The SMILES string of the molecule is Cc1cc(OCC2(C(=O)O)CCC2)ncc1-c1cnc(-c2nc(C(F)(F)F)cn2COCC[Si](C)(C)C)c(Cl)c1.Cc1cc(OCC2(C(=O)O)CCC2)ncc1-c1cnc(-c2ncc(C(F)(F)F)[nH]2)c(Cl)c1. The van der Waals surface area contributed by atoms with E-state index in [1.807, 2.05) is 13.8 Å². The molecule has 0 saturated heterocycles. The van der Waals surface area contributed by atoms with E-state index in [9.17, 15) is 46.1 Å². The molecule has 0 aromatic carbocycles. The minimum Gasteiger partial charge on any atom is -0.481 e. The lowest BCUT2D eigenvalue weighted by Gasteiger charge is -2.36. The number of hydrogen-bond donors (Lipinski definition) is 3. The van der Waals surface area contributed by atoms with Crippen LogP contribution < -0.4 is 9.47 Å². The second kappa shape index (κ2) is 21.2. The number of halogens is 8. The Morgan fingerprint density at radius 1 is 0.722 bits per heavy atom. The van der Waals surface area contributed by atoms with Crippen LogP contribution in [-0.2, 0) is 33.4 Å². The predicted molar refractivity (Wildman–Crippen MR) is 256 cm³/mol. The van der Waals surface area contributed by atoms with Crippen molar-refractivity contribution in [1.82, 2.24) is 39.5 Å². The van der Waals surface area contributed by atoms with Gasteiger partial charge in [0.05, 0.1) is 16.2 Å². The summed E-state index contributed by atoms with van der Waals surface area (Å²) >= 11 is 12.8. The molecule has 2 aliphatic carbocycles. The van der Waals surface area contributed by atoms with E-state index < -0.39 is 54.6 Å². The molecule has 6 aromatic heterocycles. The highest BCUT2D eigenvalue weighted by atomic mass is 35.5. The van der Waals surface area contributed by atoms with Crippen LogP contribution in [0, 0.1) is 24.7 Å². The molecule has 0 amide bonds. The molecule has 0 aliphatic heterocycles. The maximum atomic E-state index is 13.5. The van der Waals surface area contributed by atoms with Crippen LogP contribution in [0.15, 0.2) is 61.4 Å². The standard InChI is InChI=1S/C27H32ClF3N4O4Si.C21H18ClF3N4O3/c1-17-10-22(39-15-26(25(36)37)6-5-7-26)32-13-19(17)18-11-20(28)23(33-12-18)24-34-21(27(29,30)31)14-35(24)16-38-8-9-40(2,3)4;1-11-5-16(32-10-20(19(30)31)3-2-4-20)26-8-13(11)12-6-14(22)17(27-7-12)18-28-9-15(29-18)21(23,24)25/h10-14H,5-9,15-16H2,1-4H3,(H,36,37);5-9H,2-4,10H2,1H3,(H,28,29)(H,30,31). The van der Waals surface area contributed by atoms with E-state index in [1.54, 1.807) is 36.7 Å². The Morgan fingerprint density at radius 3 is 1.61 bits per heavy atom. The minimum absolute atomic E-state index is 0.0428. The normalized spacial score (nSPS) is 15.2. The van der Waals surface area contributed by atoms with Gasteiger partial charge in [-0.15, -0.1) is 0 Å². The average Bonchev–Trinajstić information content (AvgIpc) is 3.93. The van der Waals surface area contributed by atoms with Gasteiger partial charge in [0.25, 0.3) is 0 Å². The Bertz CT molecular complexity index is 2950. The van der Waals surface area contributed by atoms with Gasteiger partial charge in [0.1, 0.15) is 47.9 Å². The summed E-state index contributed by atoms with van der Waals surface area (Å²) in [5, 5.41) is 19.1. The van der Waals surface area contributed by atoms with Gasteiger partial charge < -0.3 is 34.0 Å². The second-order valence-electron chi connectivity index (χ2n) is 19.1. The average molecular weight is 1060 g/mol. The molecule has 6 aromatic rings. The third kappa shape index (κ3) is 12.4. The molecule has 3 N–H and O–H groups in total. The highest BCUT2D eigenvalue weighted by Crippen LogP contribution is 2.43. The Kier molecular flexibility index (Phi) is 15.8. The van der Waals surface area contributed by atoms with Crippen LogP contribution in [0.4, 0.5) is 26.3 Å². The zero-order chi connectivity index (χ0) is 52.4. The molecule has 0 radical (unpaired) electrons. The lowest BCUT2D eigenvalue weighted by Crippen LogP contribution is -2.43. The first-order valence-electron chi connectivity index (χ1n) is 22.6. The first-order valence-corrected chi connectivity index (χ1v) is 27.1. The van der Waals surface area contributed by atoms with E-state index in [1.165, 1.54) is 17.0 Å². The van der Waals surface area contributed by atoms with E-state index in [0.29, 0.717) is 72.5 Å². The number of carboxylic acids is 2. The first kappa shape index (κ1) is 53.7. The van der Waals surface area contributed by atoms with Gasteiger partial charge in [0.15, 0.2) is 17.3 Å². The topological polar surface area (TPSA) is 200 Å². The van der Waals surface area contributed by atoms with Gasteiger partial charge in [-0.3, -0.25) is 19.6 Å². The van der Waals surface area contributed by atoms with Gasteiger partial charge >= 0.3 is 24.3 Å². The number of alkyl halides is 6. The zero-order valence-electron chi connectivity index (χ0n) is 39.6. The molecule has 2 fully saturated rings. The molecule has 2 saturated carbocycles. The van der Waals surface area contributed by atoms with Crippen molar-refractivity contribution in [2.24, 2.45) is 10.8 Å². The number of aromatic nitrogens is 8. The Morgan fingerprint density at radius 2 is 1.22 bits per heavy atom. The predicted octanol–water partition coefficient (Wildman–Crippen LogP) is 12.1. The van der Waals surface area contributed by atoms with E-state index >= 15 is 0 Å². The van der Waals surface area contributed by atoms with Gasteiger partial charge in [0, 0.05) is 80.1 Å². The molecule has 0 bridgehead atoms. The summed E-state index contributed by atoms with van der Waals surface area (Å²) in [6, 6.07) is 7.42. The van der Waals surface area contributed by atoms with Gasteiger partial charge in [-0.1, -0.05) is 55.7 Å². The molecule has 6 heterocycles. The summed E-state index contributed by atoms with van der Waals surface area (Å²) in [7, 11) is -1.37. The Hall–Kier alpha value is -6.10. The number of aryl methyl sites for hydroxylation is 2. The molecule has 0 atom stereocenters. The van der Waals surface area contributed by atoms with Gasteiger partial charge in [-0.05, 0) is 68.8 Å². The van der Waals surface area contributed by atoms with Gasteiger partial charge in [-0.2, -0.15) is 26.3 Å². The van der Waals surface area contributed by atoms with E-state index in [-0.39, 0.29) is 53.0 Å². The molecule has 15 nitrogen and oxygen atoms in total. The zero-order valence-corrected chi connectivity index (χ0v) is 42.2. The number of carboxylic acid groups (broad SMARTS) is 2. The minimum atomic E-state index is -4.64. The maximum Gasteiger partial charge on any atom is 0.434 e.